The highest BCUT2D eigenvalue weighted by atomic mass is 16.5. The zero-order valence-corrected chi connectivity index (χ0v) is 8.88. The van der Waals surface area contributed by atoms with Gasteiger partial charge in [0.1, 0.15) is 12.7 Å². The van der Waals surface area contributed by atoms with Crippen molar-refractivity contribution in [3.8, 4) is 5.88 Å². The van der Waals surface area contributed by atoms with Crippen molar-refractivity contribution in [2.45, 2.75) is 13.0 Å². The van der Waals surface area contributed by atoms with Gasteiger partial charge < -0.3 is 20.3 Å². The normalized spacial score (nSPS) is 11.9. The Labute approximate surface area is 92.9 Å². The molecule has 3 N–H and O–H groups in total. The zero-order chi connectivity index (χ0) is 12.0. The van der Waals surface area contributed by atoms with Gasteiger partial charge in [-0.2, -0.15) is 0 Å². The van der Waals surface area contributed by atoms with Crippen molar-refractivity contribution >= 4 is 11.6 Å². The summed E-state index contributed by atoms with van der Waals surface area (Å²) in [6.07, 6.45) is 0.527. The van der Waals surface area contributed by atoms with Gasteiger partial charge in [-0.1, -0.05) is 0 Å². The molecule has 0 aliphatic carbocycles. The molecule has 16 heavy (non-hydrogen) atoms. The summed E-state index contributed by atoms with van der Waals surface area (Å²) >= 11 is 0. The van der Waals surface area contributed by atoms with Crippen LogP contribution in [0.1, 0.15) is 6.92 Å². The number of aliphatic hydroxyl groups is 2. The Hall–Kier alpha value is -1.66. The molecule has 0 aromatic carbocycles. The third-order valence-electron chi connectivity index (χ3n) is 1.69. The second kappa shape index (κ2) is 6.04. The van der Waals surface area contributed by atoms with Gasteiger partial charge in [0.25, 0.3) is 0 Å². The van der Waals surface area contributed by atoms with Crippen LogP contribution in [0.5, 0.6) is 5.88 Å². The van der Waals surface area contributed by atoms with Crippen molar-refractivity contribution in [3.63, 3.8) is 0 Å². The monoisotopic (exact) mass is 226 g/mol. The molecular weight excluding hydrogens is 212 g/mol. The van der Waals surface area contributed by atoms with E-state index in [9.17, 15) is 4.79 Å². The van der Waals surface area contributed by atoms with E-state index in [1.807, 2.05) is 0 Å². The number of rotatable bonds is 5. The first kappa shape index (κ1) is 12.4. The molecule has 6 heteroatoms. The molecule has 0 spiro atoms. The van der Waals surface area contributed by atoms with Gasteiger partial charge in [-0.15, -0.1) is 0 Å². The number of aromatic nitrogens is 1. The molecular formula is C10H14N2O4. The summed E-state index contributed by atoms with van der Waals surface area (Å²) in [5.41, 5.74) is 0.572. The molecule has 1 aromatic rings. The minimum absolute atomic E-state index is 0.0248. The molecule has 0 fully saturated rings. The topological polar surface area (TPSA) is 91.7 Å². The molecule has 0 radical (unpaired) electrons. The van der Waals surface area contributed by atoms with Crippen LogP contribution in [0.25, 0.3) is 0 Å². The number of amides is 1. The Balaban J connectivity index is 2.48. The van der Waals surface area contributed by atoms with Crippen molar-refractivity contribution in [1.82, 2.24) is 4.98 Å². The summed E-state index contributed by atoms with van der Waals surface area (Å²) in [5, 5.41) is 20.2. The first-order chi connectivity index (χ1) is 7.61. The number of anilines is 1. The van der Waals surface area contributed by atoms with Crippen molar-refractivity contribution in [2.75, 3.05) is 18.5 Å². The molecule has 1 aromatic heterocycles. The lowest BCUT2D eigenvalue weighted by molar-refractivity contribution is -0.114. The zero-order valence-electron chi connectivity index (χ0n) is 8.88. The van der Waals surface area contributed by atoms with Crippen LogP contribution in [0.15, 0.2) is 18.3 Å². The summed E-state index contributed by atoms with van der Waals surface area (Å²) in [4.78, 5) is 14.6. The summed E-state index contributed by atoms with van der Waals surface area (Å²) in [7, 11) is 0. The third kappa shape index (κ3) is 4.24. The number of pyridine rings is 1. The van der Waals surface area contributed by atoms with Crippen LogP contribution in [-0.4, -0.2) is 40.4 Å². The molecule has 1 unspecified atom stereocenters. The first-order valence-electron chi connectivity index (χ1n) is 4.77. The SMILES string of the molecule is CC(=O)Nc1ccc(OCC(O)CO)nc1. The van der Waals surface area contributed by atoms with E-state index < -0.39 is 6.10 Å². The molecule has 1 heterocycles. The lowest BCUT2D eigenvalue weighted by atomic mass is 10.4. The van der Waals surface area contributed by atoms with Crippen molar-refractivity contribution in [2.24, 2.45) is 0 Å². The smallest absolute Gasteiger partial charge is 0.221 e. The summed E-state index contributed by atoms with van der Waals surface area (Å²) in [5.74, 6) is 0.146. The number of ether oxygens (including phenoxy) is 1. The predicted molar refractivity (Wildman–Crippen MR) is 57.1 cm³/mol. The van der Waals surface area contributed by atoms with Crippen LogP contribution in [0.2, 0.25) is 0 Å². The molecule has 6 nitrogen and oxygen atoms in total. The Bertz CT molecular complexity index is 339. The average Bonchev–Trinajstić information content (AvgIpc) is 2.27. The maximum atomic E-state index is 10.7. The van der Waals surface area contributed by atoms with Gasteiger partial charge in [-0.3, -0.25) is 4.79 Å². The maximum Gasteiger partial charge on any atom is 0.221 e. The van der Waals surface area contributed by atoms with E-state index in [0.29, 0.717) is 11.6 Å². The van der Waals surface area contributed by atoms with E-state index >= 15 is 0 Å². The van der Waals surface area contributed by atoms with Crippen molar-refractivity contribution in [1.29, 1.82) is 0 Å². The minimum atomic E-state index is -0.920. The third-order valence-corrected chi connectivity index (χ3v) is 1.69. The van der Waals surface area contributed by atoms with E-state index in [1.165, 1.54) is 13.1 Å². The molecule has 0 aliphatic rings. The van der Waals surface area contributed by atoms with Crippen LogP contribution in [0.4, 0.5) is 5.69 Å². The lowest BCUT2D eigenvalue weighted by Gasteiger charge is -2.09. The summed E-state index contributed by atoms with van der Waals surface area (Å²) in [6, 6.07) is 3.20. The van der Waals surface area contributed by atoms with Crippen molar-refractivity contribution < 1.29 is 19.7 Å². The molecule has 0 bridgehead atoms. The fourth-order valence-electron chi connectivity index (χ4n) is 0.977. The second-order valence-electron chi connectivity index (χ2n) is 3.21. The van der Waals surface area contributed by atoms with E-state index in [0.717, 1.165) is 0 Å². The van der Waals surface area contributed by atoms with E-state index in [4.69, 9.17) is 14.9 Å². The van der Waals surface area contributed by atoms with Crippen molar-refractivity contribution in [3.05, 3.63) is 18.3 Å². The van der Waals surface area contributed by atoms with Gasteiger partial charge in [-0.25, -0.2) is 4.98 Å². The van der Waals surface area contributed by atoms with Crippen LogP contribution in [0.3, 0.4) is 0 Å². The molecule has 1 atom stereocenters. The predicted octanol–water partition coefficient (Wildman–Crippen LogP) is -0.228. The number of hydrogen-bond acceptors (Lipinski definition) is 5. The maximum absolute atomic E-state index is 10.7. The number of nitrogens with one attached hydrogen (secondary N) is 1. The van der Waals surface area contributed by atoms with Crippen LogP contribution in [0, 0.1) is 0 Å². The Morgan fingerprint density at radius 1 is 1.62 bits per heavy atom. The van der Waals surface area contributed by atoms with Crippen LogP contribution >= 0.6 is 0 Å². The van der Waals surface area contributed by atoms with E-state index in [2.05, 4.69) is 10.3 Å². The van der Waals surface area contributed by atoms with Crippen LogP contribution < -0.4 is 10.1 Å². The highest BCUT2D eigenvalue weighted by Crippen LogP contribution is 2.11. The molecule has 0 saturated carbocycles. The molecule has 1 rings (SSSR count). The number of hydrogen-bond donors (Lipinski definition) is 3. The number of nitrogens with zero attached hydrogens (tertiary/aromatic N) is 1. The van der Waals surface area contributed by atoms with Crippen LogP contribution in [-0.2, 0) is 4.79 Å². The highest BCUT2D eigenvalue weighted by Gasteiger charge is 2.03. The molecule has 1 amide bonds. The van der Waals surface area contributed by atoms with Gasteiger partial charge in [-0.05, 0) is 6.07 Å². The molecule has 0 saturated heterocycles. The minimum Gasteiger partial charge on any atom is -0.475 e. The van der Waals surface area contributed by atoms with Gasteiger partial charge in [0.05, 0.1) is 18.5 Å². The fraction of sp³-hybridized carbons (Fsp3) is 0.400. The summed E-state index contributed by atoms with van der Waals surface area (Å²) in [6.45, 7) is 1.02. The van der Waals surface area contributed by atoms with Gasteiger partial charge >= 0.3 is 0 Å². The fourth-order valence-corrected chi connectivity index (χ4v) is 0.977. The largest absolute Gasteiger partial charge is 0.475 e. The Morgan fingerprint density at radius 3 is 2.88 bits per heavy atom. The summed E-state index contributed by atoms with van der Waals surface area (Å²) < 4.78 is 5.08. The van der Waals surface area contributed by atoms with Gasteiger partial charge in [0.15, 0.2) is 0 Å². The molecule has 88 valence electrons. The number of carbonyl (C=O) groups excluding carboxylic acids is 1. The number of carbonyl (C=O) groups is 1. The van der Waals surface area contributed by atoms with Gasteiger partial charge in [0.2, 0.25) is 11.8 Å². The number of aliphatic hydroxyl groups excluding tert-OH is 2. The lowest BCUT2D eigenvalue weighted by Crippen LogP contribution is -2.21. The quantitative estimate of drug-likeness (QED) is 0.645. The highest BCUT2D eigenvalue weighted by molar-refractivity contribution is 5.88. The van der Waals surface area contributed by atoms with Gasteiger partial charge in [0, 0.05) is 13.0 Å². The standard InChI is InChI=1S/C10H14N2O4/c1-7(14)12-8-2-3-10(11-4-8)16-6-9(15)5-13/h2-4,9,13,15H,5-6H2,1H3,(H,12,14). The average molecular weight is 226 g/mol. The van der Waals surface area contributed by atoms with E-state index in [-0.39, 0.29) is 19.1 Å². The Kier molecular flexibility index (Phi) is 4.68. The van der Waals surface area contributed by atoms with E-state index in [1.54, 1.807) is 12.1 Å². The molecule has 0 aliphatic heterocycles. The Morgan fingerprint density at radius 2 is 2.38 bits per heavy atom. The first-order valence-corrected chi connectivity index (χ1v) is 4.77. The second-order valence-corrected chi connectivity index (χ2v) is 3.21.